The Morgan fingerprint density at radius 3 is 2.88 bits per heavy atom. The minimum atomic E-state index is 0.486. The van der Waals surface area contributed by atoms with Gasteiger partial charge in [0, 0.05) is 5.38 Å². The third-order valence-corrected chi connectivity index (χ3v) is 4.10. The number of hydrazone groups is 1. The van der Waals surface area contributed by atoms with Crippen molar-refractivity contribution >= 4 is 28.5 Å². The van der Waals surface area contributed by atoms with Crippen LogP contribution >= 0.6 is 11.3 Å². The molecule has 130 valence electrons. The van der Waals surface area contributed by atoms with Crippen molar-refractivity contribution in [1.29, 1.82) is 0 Å². The van der Waals surface area contributed by atoms with Crippen molar-refractivity contribution < 1.29 is 9.47 Å². The first-order valence-electron chi connectivity index (χ1n) is 8.04. The topological polar surface area (TPSA) is 81.8 Å². The van der Waals surface area contributed by atoms with Gasteiger partial charge in [-0.1, -0.05) is 26.2 Å². The molecule has 0 aliphatic carbocycles. The number of hydrogen-bond donors (Lipinski definition) is 2. The van der Waals surface area contributed by atoms with E-state index >= 15 is 0 Å². The lowest BCUT2D eigenvalue weighted by Gasteiger charge is -2.11. The molecule has 1 heterocycles. The van der Waals surface area contributed by atoms with Crippen LogP contribution < -0.4 is 20.6 Å². The Labute approximate surface area is 146 Å². The Morgan fingerprint density at radius 2 is 2.17 bits per heavy atom. The number of anilines is 2. The van der Waals surface area contributed by atoms with Crippen molar-refractivity contribution in [3.63, 3.8) is 0 Å². The number of ether oxygens (including phenoxy) is 2. The fraction of sp³-hybridized carbons (Fsp3) is 0.412. The Balaban J connectivity index is 1.90. The molecule has 2 rings (SSSR count). The minimum Gasteiger partial charge on any atom is -0.493 e. The van der Waals surface area contributed by atoms with E-state index in [-0.39, 0.29) is 0 Å². The molecule has 0 radical (unpaired) electrons. The molecule has 3 N–H and O–H groups in total. The fourth-order valence-electron chi connectivity index (χ4n) is 2.09. The standard InChI is InChI=1S/C17H24N4O2S/c1-3-4-5-6-9-23-14-8-7-13(10-15(14)22-2)11-19-21-17-20-16(18)12-24-17/h7-8,10-12H,3-6,9,18H2,1-2H3,(H,20,21). The van der Waals surface area contributed by atoms with Gasteiger partial charge in [-0.2, -0.15) is 5.10 Å². The summed E-state index contributed by atoms with van der Waals surface area (Å²) in [4.78, 5) is 4.07. The Kier molecular flexibility index (Phi) is 7.35. The van der Waals surface area contributed by atoms with Gasteiger partial charge in [0.05, 0.1) is 19.9 Å². The highest BCUT2D eigenvalue weighted by atomic mass is 32.1. The summed E-state index contributed by atoms with van der Waals surface area (Å²) in [6, 6.07) is 5.73. The van der Waals surface area contributed by atoms with E-state index in [9.17, 15) is 0 Å². The zero-order valence-corrected chi connectivity index (χ0v) is 14.9. The summed E-state index contributed by atoms with van der Waals surface area (Å²) in [5.74, 6) is 1.94. The van der Waals surface area contributed by atoms with Crippen LogP contribution in [0.15, 0.2) is 28.7 Å². The van der Waals surface area contributed by atoms with Gasteiger partial charge in [0.15, 0.2) is 11.5 Å². The molecule has 0 unspecified atom stereocenters. The van der Waals surface area contributed by atoms with E-state index in [0.717, 1.165) is 17.7 Å². The number of aromatic nitrogens is 1. The van der Waals surface area contributed by atoms with E-state index in [0.29, 0.717) is 23.3 Å². The summed E-state index contributed by atoms with van der Waals surface area (Å²) in [6.07, 6.45) is 6.41. The van der Waals surface area contributed by atoms with Gasteiger partial charge in [-0.3, -0.25) is 5.43 Å². The molecule has 1 aromatic carbocycles. The van der Waals surface area contributed by atoms with Crippen molar-refractivity contribution in [3.8, 4) is 11.5 Å². The van der Waals surface area contributed by atoms with Crippen molar-refractivity contribution in [2.75, 3.05) is 24.9 Å². The number of nitrogens with one attached hydrogen (secondary N) is 1. The Bertz CT molecular complexity index is 658. The Morgan fingerprint density at radius 1 is 1.29 bits per heavy atom. The van der Waals surface area contributed by atoms with E-state index in [1.807, 2.05) is 18.2 Å². The number of nitrogen functional groups attached to an aromatic ring is 1. The lowest BCUT2D eigenvalue weighted by atomic mass is 10.2. The van der Waals surface area contributed by atoms with Crippen LogP contribution in [0.4, 0.5) is 10.9 Å². The van der Waals surface area contributed by atoms with E-state index in [1.165, 1.54) is 30.6 Å². The van der Waals surface area contributed by atoms with Gasteiger partial charge < -0.3 is 15.2 Å². The molecule has 0 aliphatic rings. The van der Waals surface area contributed by atoms with Crippen LogP contribution in [0.3, 0.4) is 0 Å². The summed E-state index contributed by atoms with van der Waals surface area (Å²) in [5, 5.41) is 6.56. The predicted octanol–water partition coefficient (Wildman–Crippen LogP) is 4.14. The minimum absolute atomic E-state index is 0.486. The molecule has 7 heteroatoms. The van der Waals surface area contributed by atoms with Crippen LogP contribution in [-0.4, -0.2) is 24.9 Å². The summed E-state index contributed by atoms with van der Waals surface area (Å²) in [5.41, 5.74) is 9.31. The molecule has 0 aliphatic heterocycles. The summed E-state index contributed by atoms with van der Waals surface area (Å²) in [7, 11) is 1.64. The molecule has 1 aromatic heterocycles. The third kappa shape index (κ3) is 5.73. The van der Waals surface area contributed by atoms with E-state index in [2.05, 4.69) is 22.4 Å². The second-order valence-electron chi connectivity index (χ2n) is 5.27. The number of nitrogens with two attached hydrogens (primary N) is 1. The zero-order valence-electron chi connectivity index (χ0n) is 14.1. The summed E-state index contributed by atoms with van der Waals surface area (Å²) < 4.78 is 11.2. The molecule has 0 atom stereocenters. The molecule has 24 heavy (non-hydrogen) atoms. The molecule has 0 bridgehead atoms. The van der Waals surface area contributed by atoms with Crippen LogP contribution in [0.25, 0.3) is 0 Å². The van der Waals surface area contributed by atoms with Crippen LogP contribution in [0, 0.1) is 0 Å². The van der Waals surface area contributed by atoms with E-state index in [1.54, 1.807) is 18.7 Å². The average Bonchev–Trinajstić information content (AvgIpc) is 3.00. The third-order valence-electron chi connectivity index (χ3n) is 3.34. The lowest BCUT2D eigenvalue weighted by molar-refractivity contribution is 0.285. The fourth-order valence-corrected chi connectivity index (χ4v) is 2.64. The van der Waals surface area contributed by atoms with Gasteiger partial charge >= 0.3 is 0 Å². The monoisotopic (exact) mass is 348 g/mol. The largest absolute Gasteiger partial charge is 0.493 e. The normalized spacial score (nSPS) is 10.9. The van der Waals surface area contributed by atoms with Gasteiger partial charge in [0.25, 0.3) is 0 Å². The molecular formula is C17H24N4O2S. The first-order valence-corrected chi connectivity index (χ1v) is 8.91. The van der Waals surface area contributed by atoms with Gasteiger partial charge in [0.1, 0.15) is 5.82 Å². The number of rotatable bonds is 10. The van der Waals surface area contributed by atoms with Crippen LogP contribution in [0.2, 0.25) is 0 Å². The van der Waals surface area contributed by atoms with Crippen molar-refractivity contribution in [2.24, 2.45) is 5.10 Å². The first kappa shape index (κ1) is 18.1. The highest BCUT2D eigenvalue weighted by Crippen LogP contribution is 2.28. The zero-order chi connectivity index (χ0) is 17.2. The average molecular weight is 348 g/mol. The summed E-state index contributed by atoms with van der Waals surface area (Å²) >= 11 is 1.40. The molecule has 0 saturated carbocycles. The number of methoxy groups -OCH3 is 1. The summed E-state index contributed by atoms with van der Waals surface area (Å²) in [6.45, 7) is 2.90. The number of hydrogen-bond acceptors (Lipinski definition) is 7. The first-order chi connectivity index (χ1) is 11.7. The maximum absolute atomic E-state index is 5.80. The SMILES string of the molecule is CCCCCCOc1ccc(C=NNc2nc(N)cs2)cc1OC. The lowest BCUT2D eigenvalue weighted by Crippen LogP contribution is -2.00. The molecule has 2 aromatic rings. The molecule has 0 saturated heterocycles. The van der Waals surface area contributed by atoms with Crippen molar-refractivity contribution in [2.45, 2.75) is 32.6 Å². The van der Waals surface area contributed by atoms with Crippen LogP contribution in [0.1, 0.15) is 38.2 Å². The van der Waals surface area contributed by atoms with Gasteiger partial charge in [-0.15, -0.1) is 11.3 Å². The second-order valence-corrected chi connectivity index (χ2v) is 6.13. The maximum atomic E-state index is 5.80. The predicted molar refractivity (Wildman–Crippen MR) is 100 cm³/mol. The van der Waals surface area contributed by atoms with Crippen molar-refractivity contribution in [3.05, 3.63) is 29.1 Å². The number of thiazole rings is 1. The number of benzene rings is 1. The number of unbranched alkanes of at least 4 members (excludes halogenated alkanes) is 3. The Hall–Kier alpha value is -2.28. The highest BCUT2D eigenvalue weighted by Gasteiger charge is 2.05. The van der Waals surface area contributed by atoms with Gasteiger partial charge in [0.2, 0.25) is 5.13 Å². The number of nitrogens with zero attached hydrogens (tertiary/aromatic N) is 2. The van der Waals surface area contributed by atoms with E-state index in [4.69, 9.17) is 15.2 Å². The van der Waals surface area contributed by atoms with Gasteiger partial charge in [-0.05, 0) is 30.2 Å². The molecule has 6 nitrogen and oxygen atoms in total. The molecule has 0 fully saturated rings. The highest BCUT2D eigenvalue weighted by molar-refractivity contribution is 7.14. The molecule has 0 spiro atoms. The smallest absolute Gasteiger partial charge is 0.205 e. The van der Waals surface area contributed by atoms with Gasteiger partial charge in [-0.25, -0.2) is 4.98 Å². The van der Waals surface area contributed by atoms with E-state index < -0.39 is 0 Å². The van der Waals surface area contributed by atoms with Crippen LogP contribution in [-0.2, 0) is 0 Å². The molecule has 0 amide bonds. The van der Waals surface area contributed by atoms with Crippen LogP contribution in [0.5, 0.6) is 11.5 Å². The van der Waals surface area contributed by atoms with Crippen molar-refractivity contribution in [1.82, 2.24) is 4.98 Å². The molecular weight excluding hydrogens is 324 g/mol. The maximum Gasteiger partial charge on any atom is 0.205 e. The second kappa shape index (κ2) is 9.77. The quantitative estimate of drug-likeness (QED) is 0.383.